The predicted octanol–water partition coefficient (Wildman–Crippen LogP) is 6.09. The molecule has 2 atom stereocenters. The standard InChI is InChI=1S/C31H28ClN3O5S/c1-17(18-6-4-3-5-7-18)33-29(37)20-10-13-22-24(14-20)41-30-27(22)26(19-8-11-21(39-2)12-9-19)28(32)23(34-30)15-35-25(36)16-40-31(35)38/h3-9,11-12,17,20H,10,13-16H2,1-2H3,(H,33,37)/t17-,20+/m1/s1. The molecular formula is C31H28ClN3O5S. The van der Waals surface area contributed by atoms with Gasteiger partial charge in [-0.05, 0) is 55.0 Å². The third-order valence-corrected chi connectivity index (χ3v) is 9.32. The van der Waals surface area contributed by atoms with Crippen LogP contribution >= 0.6 is 22.9 Å². The second kappa shape index (κ2) is 11.1. The summed E-state index contributed by atoms with van der Waals surface area (Å²) in [6.45, 7) is 1.63. The molecule has 2 aromatic carbocycles. The minimum absolute atomic E-state index is 0.0394. The summed E-state index contributed by atoms with van der Waals surface area (Å²) >= 11 is 8.56. The van der Waals surface area contributed by atoms with E-state index in [2.05, 4.69) is 5.32 Å². The highest BCUT2D eigenvalue weighted by atomic mass is 35.5. The molecule has 0 radical (unpaired) electrons. The van der Waals surface area contributed by atoms with Crippen LogP contribution in [0.25, 0.3) is 21.3 Å². The number of hydrogen-bond donors (Lipinski definition) is 1. The number of aryl methyl sites for hydroxylation is 1. The number of imide groups is 1. The second-order valence-electron chi connectivity index (χ2n) is 10.3. The molecule has 210 valence electrons. The summed E-state index contributed by atoms with van der Waals surface area (Å²) in [6.07, 6.45) is 1.32. The van der Waals surface area contributed by atoms with Gasteiger partial charge < -0.3 is 14.8 Å². The third-order valence-electron chi connectivity index (χ3n) is 7.76. The maximum Gasteiger partial charge on any atom is 0.417 e. The lowest BCUT2D eigenvalue weighted by Gasteiger charge is -2.24. The Labute approximate surface area is 246 Å². The zero-order chi connectivity index (χ0) is 28.7. The molecule has 0 bridgehead atoms. The first-order valence-electron chi connectivity index (χ1n) is 13.4. The lowest BCUT2D eigenvalue weighted by atomic mass is 9.85. The summed E-state index contributed by atoms with van der Waals surface area (Å²) in [5, 5.41) is 4.52. The van der Waals surface area contributed by atoms with Gasteiger partial charge in [-0.25, -0.2) is 14.7 Å². The molecule has 1 aliphatic carbocycles. The van der Waals surface area contributed by atoms with E-state index in [4.69, 9.17) is 26.1 Å². The summed E-state index contributed by atoms with van der Waals surface area (Å²) < 4.78 is 10.2. The number of rotatable bonds is 7. The molecule has 2 aromatic heterocycles. The average Bonchev–Trinajstić information content (AvgIpc) is 3.51. The van der Waals surface area contributed by atoms with Gasteiger partial charge in [0, 0.05) is 21.7 Å². The lowest BCUT2D eigenvalue weighted by Crippen LogP contribution is -2.35. The molecule has 8 nitrogen and oxygen atoms in total. The van der Waals surface area contributed by atoms with Crippen molar-refractivity contribution in [3.8, 4) is 16.9 Å². The normalized spacial score (nSPS) is 17.3. The van der Waals surface area contributed by atoms with Crippen molar-refractivity contribution in [3.63, 3.8) is 0 Å². The lowest BCUT2D eigenvalue weighted by molar-refractivity contribution is -0.127. The molecule has 6 rings (SSSR count). The van der Waals surface area contributed by atoms with Crippen molar-refractivity contribution in [2.75, 3.05) is 13.7 Å². The zero-order valence-corrected chi connectivity index (χ0v) is 24.2. The predicted molar refractivity (Wildman–Crippen MR) is 157 cm³/mol. The Morgan fingerprint density at radius 2 is 1.95 bits per heavy atom. The van der Waals surface area contributed by atoms with Gasteiger partial charge in [0.25, 0.3) is 5.91 Å². The van der Waals surface area contributed by atoms with Crippen molar-refractivity contribution >= 4 is 51.1 Å². The van der Waals surface area contributed by atoms with Crippen LogP contribution in [0.4, 0.5) is 4.79 Å². The molecule has 1 N–H and O–H groups in total. The number of hydrogen-bond acceptors (Lipinski definition) is 7. The molecule has 0 unspecified atom stereocenters. The Morgan fingerprint density at radius 1 is 1.20 bits per heavy atom. The first kappa shape index (κ1) is 27.2. The summed E-state index contributed by atoms with van der Waals surface area (Å²) in [5.74, 6) is 0.172. The number of carbonyl (C=O) groups excluding carboxylic acids is 3. The minimum atomic E-state index is -0.706. The number of pyridine rings is 1. The Bertz CT molecular complexity index is 1640. The van der Waals surface area contributed by atoms with Crippen LogP contribution in [0, 0.1) is 5.92 Å². The number of aromatic nitrogens is 1. The molecule has 3 amide bonds. The highest BCUT2D eigenvalue weighted by molar-refractivity contribution is 7.19. The fraction of sp³-hybridized carbons (Fsp3) is 0.290. The Hall–Kier alpha value is -3.95. The molecule has 1 fully saturated rings. The molecule has 1 aliphatic heterocycles. The number of methoxy groups -OCH3 is 1. The quantitative estimate of drug-likeness (QED) is 0.280. The van der Waals surface area contributed by atoms with E-state index in [-0.39, 0.29) is 31.0 Å². The number of thiophene rings is 1. The van der Waals surface area contributed by atoms with E-state index in [9.17, 15) is 14.4 Å². The maximum atomic E-state index is 13.3. The highest BCUT2D eigenvalue weighted by Gasteiger charge is 2.34. The van der Waals surface area contributed by atoms with Gasteiger partial charge in [0.2, 0.25) is 5.91 Å². The van der Waals surface area contributed by atoms with Gasteiger partial charge in [-0.1, -0.05) is 54.1 Å². The summed E-state index contributed by atoms with van der Waals surface area (Å²) in [5.41, 5.74) is 4.30. The van der Waals surface area contributed by atoms with E-state index >= 15 is 0 Å². The molecule has 2 aliphatic rings. The SMILES string of the molecule is COc1ccc(-c2c(Cl)c(CN3C(=O)COC3=O)nc3sc4c(c23)CC[C@H](C(=O)N[C@H](C)c2ccccc2)C4)cc1. The monoisotopic (exact) mass is 589 g/mol. The van der Waals surface area contributed by atoms with E-state index in [1.807, 2.05) is 61.5 Å². The van der Waals surface area contributed by atoms with E-state index in [1.54, 1.807) is 18.4 Å². The third kappa shape index (κ3) is 5.15. The molecular weight excluding hydrogens is 562 g/mol. The van der Waals surface area contributed by atoms with Crippen molar-refractivity contribution in [2.24, 2.45) is 5.92 Å². The minimum Gasteiger partial charge on any atom is -0.497 e. The van der Waals surface area contributed by atoms with Gasteiger partial charge in [0.15, 0.2) is 6.61 Å². The molecule has 4 aromatic rings. The maximum absolute atomic E-state index is 13.3. The van der Waals surface area contributed by atoms with Gasteiger partial charge in [-0.2, -0.15) is 0 Å². The largest absolute Gasteiger partial charge is 0.497 e. The number of benzene rings is 2. The van der Waals surface area contributed by atoms with E-state index in [1.165, 1.54) is 0 Å². The fourth-order valence-electron chi connectivity index (χ4n) is 5.53. The topological polar surface area (TPSA) is 97.8 Å². The summed E-state index contributed by atoms with van der Waals surface area (Å²) in [4.78, 5) is 45.5. The highest BCUT2D eigenvalue weighted by Crippen LogP contribution is 2.46. The fourth-order valence-corrected chi connectivity index (χ4v) is 7.16. The van der Waals surface area contributed by atoms with E-state index in [0.29, 0.717) is 35.7 Å². The van der Waals surface area contributed by atoms with Crippen LogP contribution in [0.5, 0.6) is 5.75 Å². The molecule has 3 heterocycles. The zero-order valence-electron chi connectivity index (χ0n) is 22.6. The van der Waals surface area contributed by atoms with Gasteiger partial charge in [-0.15, -0.1) is 11.3 Å². The van der Waals surface area contributed by atoms with Gasteiger partial charge in [0.1, 0.15) is 10.6 Å². The van der Waals surface area contributed by atoms with Crippen molar-refractivity contribution < 1.29 is 23.9 Å². The number of fused-ring (bicyclic) bond motifs is 3. The number of carbonyl (C=O) groups is 3. The second-order valence-corrected chi connectivity index (χ2v) is 11.7. The number of halogens is 1. The molecule has 41 heavy (non-hydrogen) atoms. The number of nitrogens with zero attached hydrogens (tertiary/aromatic N) is 2. The van der Waals surface area contributed by atoms with E-state index < -0.39 is 12.0 Å². The van der Waals surface area contributed by atoms with Crippen LogP contribution in [0.1, 0.15) is 41.1 Å². The van der Waals surface area contributed by atoms with Crippen molar-refractivity contribution in [2.45, 2.75) is 38.8 Å². The van der Waals surface area contributed by atoms with Crippen LogP contribution in [0.15, 0.2) is 54.6 Å². The van der Waals surface area contributed by atoms with Crippen molar-refractivity contribution in [3.05, 3.63) is 81.3 Å². The summed E-state index contributed by atoms with van der Waals surface area (Å²) in [6, 6.07) is 17.4. The average molecular weight is 590 g/mol. The van der Waals surface area contributed by atoms with Crippen LogP contribution in [0.3, 0.4) is 0 Å². The van der Waals surface area contributed by atoms with E-state index in [0.717, 1.165) is 42.2 Å². The first-order chi connectivity index (χ1) is 19.8. The number of amides is 3. The number of cyclic esters (lactones) is 1. The van der Waals surface area contributed by atoms with Crippen LogP contribution < -0.4 is 10.1 Å². The number of ether oxygens (including phenoxy) is 2. The Kier molecular flexibility index (Phi) is 7.40. The van der Waals surface area contributed by atoms with Crippen molar-refractivity contribution in [1.82, 2.24) is 15.2 Å². The molecule has 0 spiro atoms. The number of nitrogens with one attached hydrogen (secondary N) is 1. The smallest absolute Gasteiger partial charge is 0.417 e. The Balaban J connectivity index is 1.37. The molecule has 10 heteroatoms. The van der Waals surface area contributed by atoms with Gasteiger partial charge >= 0.3 is 6.09 Å². The molecule has 0 saturated carbocycles. The van der Waals surface area contributed by atoms with Crippen molar-refractivity contribution in [1.29, 1.82) is 0 Å². The van der Waals surface area contributed by atoms with Crippen LogP contribution in [-0.2, 0) is 33.7 Å². The molecule has 1 saturated heterocycles. The van der Waals surface area contributed by atoms with Gasteiger partial charge in [-0.3, -0.25) is 9.59 Å². The Morgan fingerprint density at radius 3 is 2.63 bits per heavy atom. The summed E-state index contributed by atoms with van der Waals surface area (Å²) in [7, 11) is 1.61. The van der Waals surface area contributed by atoms with Crippen LogP contribution in [-0.4, -0.2) is 41.5 Å². The van der Waals surface area contributed by atoms with Gasteiger partial charge in [0.05, 0.1) is 30.4 Å². The van der Waals surface area contributed by atoms with Crippen LogP contribution in [0.2, 0.25) is 5.02 Å². The first-order valence-corrected chi connectivity index (χ1v) is 14.6.